The molecule has 5 aromatic rings. The summed E-state index contributed by atoms with van der Waals surface area (Å²) in [7, 11) is 1.84. The van der Waals surface area contributed by atoms with Gasteiger partial charge in [0, 0.05) is 26.3 Å². The average Bonchev–Trinajstić information content (AvgIpc) is 3.64. The maximum Gasteiger partial charge on any atom is 0.335 e. The number of benzene rings is 2. The molecule has 1 N–H and O–H groups in total. The Hall–Kier alpha value is -5.01. The second-order valence-corrected chi connectivity index (χ2v) is 9.67. The lowest BCUT2D eigenvalue weighted by Gasteiger charge is -2.16. The van der Waals surface area contributed by atoms with Gasteiger partial charge in [-0.25, -0.2) is 19.6 Å². The molecule has 0 bridgehead atoms. The van der Waals surface area contributed by atoms with E-state index in [4.69, 9.17) is 5.11 Å². The number of hydrogen-bond acceptors (Lipinski definition) is 6. The third kappa shape index (κ3) is 4.28. The topological polar surface area (TPSA) is 122 Å². The minimum absolute atomic E-state index is 0.0427. The summed E-state index contributed by atoms with van der Waals surface area (Å²) in [5.74, 6) is -0.144. The Labute approximate surface area is 223 Å². The molecule has 0 spiro atoms. The van der Waals surface area contributed by atoms with E-state index in [0.717, 1.165) is 41.1 Å². The van der Waals surface area contributed by atoms with Crippen molar-refractivity contribution in [3.05, 3.63) is 101 Å². The van der Waals surface area contributed by atoms with Crippen molar-refractivity contribution < 1.29 is 9.90 Å². The number of carbonyl (C=O) groups is 1. The van der Waals surface area contributed by atoms with E-state index in [-0.39, 0.29) is 17.3 Å². The Balaban J connectivity index is 1.30. The van der Waals surface area contributed by atoms with E-state index in [1.807, 2.05) is 43.4 Å². The standard InChI is InChI=1S/C29H25N7O3/c1-33-24(15-30)16-32-26(33)18-34-14-12-23(17-34)36-27-25(3-2-13-31-27)35(29(36)39)22-10-8-20(9-11-22)19-4-6-21(7-5-19)28(37)38/h2-11,13,16,23H,12,14,17-18H2,1H3,(H,37,38)/t23-/m0/s1. The van der Waals surface area contributed by atoms with Gasteiger partial charge >= 0.3 is 11.7 Å². The van der Waals surface area contributed by atoms with Gasteiger partial charge in [0.05, 0.1) is 35.6 Å². The summed E-state index contributed by atoms with van der Waals surface area (Å²) in [4.78, 5) is 36.2. The molecule has 39 heavy (non-hydrogen) atoms. The monoisotopic (exact) mass is 519 g/mol. The van der Waals surface area contributed by atoms with Crippen molar-refractivity contribution >= 4 is 17.1 Å². The number of aromatic nitrogens is 5. The molecule has 3 aromatic heterocycles. The van der Waals surface area contributed by atoms with Crippen molar-refractivity contribution in [2.24, 2.45) is 7.05 Å². The van der Waals surface area contributed by atoms with Gasteiger partial charge in [0.25, 0.3) is 0 Å². The SMILES string of the molecule is Cn1c(C#N)cnc1CN1CC[C@H](n2c(=O)n(-c3ccc(-c4ccc(C(=O)O)cc4)cc3)c3cccnc32)C1. The molecule has 194 valence electrons. The summed E-state index contributed by atoms with van der Waals surface area (Å²) >= 11 is 0. The number of fused-ring (bicyclic) bond motifs is 1. The van der Waals surface area contributed by atoms with Crippen LogP contribution in [0.25, 0.3) is 28.0 Å². The number of hydrogen-bond donors (Lipinski definition) is 1. The summed E-state index contributed by atoms with van der Waals surface area (Å²) in [6, 6.07) is 20.2. The highest BCUT2D eigenvalue weighted by molar-refractivity contribution is 5.88. The third-order valence-corrected chi connectivity index (χ3v) is 7.40. The van der Waals surface area contributed by atoms with Crippen molar-refractivity contribution in [2.75, 3.05) is 13.1 Å². The van der Waals surface area contributed by atoms with Crippen molar-refractivity contribution in [3.8, 4) is 22.9 Å². The van der Waals surface area contributed by atoms with E-state index in [1.165, 1.54) is 0 Å². The van der Waals surface area contributed by atoms with Crippen LogP contribution in [0.15, 0.2) is 77.9 Å². The number of carboxylic acid groups (broad SMARTS) is 1. The maximum absolute atomic E-state index is 13.9. The largest absolute Gasteiger partial charge is 0.478 e. The van der Waals surface area contributed by atoms with Crippen molar-refractivity contribution in [3.63, 3.8) is 0 Å². The maximum atomic E-state index is 13.9. The van der Waals surface area contributed by atoms with E-state index in [0.29, 0.717) is 24.4 Å². The summed E-state index contributed by atoms with van der Waals surface area (Å²) in [6.07, 6.45) is 4.09. The first-order valence-electron chi connectivity index (χ1n) is 12.6. The number of likely N-dealkylation sites (tertiary alicyclic amines) is 1. The zero-order chi connectivity index (χ0) is 27.1. The Morgan fingerprint density at radius 2 is 1.79 bits per heavy atom. The van der Waals surface area contributed by atoms with Crippen molar-refractivity contribution in [1.29, 1.82) is 5.26 Å². The molecule has 2 aromatic carbocycles. The number of rotatable bonds is 6. The molecule has 0 unspecified atom stereocenters. The van der Waals surface area contributed by atoms with Gasteiger partial charge in [0.2, 0.25) is 0 Å². The molecular weight excluding hydrogens is 494 g/mol. The molecule has 1 atom stereocenters. The minimum atomic E-state index is -0.962. The highest BCUT2D eigenvalue weighted by Gasteiger charge is 2.29. The van der Waals surface area contributed by atoms with Crippen LogP contribution >= 0.6 is 0 Å². The Morgan fingerprint density at radius 1 is 1.08 bits per heavy atom. The Morgan fingerprint density at radius 3 is 2.46 bits per heavy atom. The molecule has 4 heterocycles. The van der Waals surface area contributed by atoms with Crippen LogP contribution in [0.4, 0.5) is 0 Å². The smallest absolute Gasteiger partial charge is 0.335 e. The van der Waals surface area contributed by atoms with Gasteiger partial charge in [0.1, 0.15) is 17.6 Å². The molecule has 1 aliphatic rings. The minimum Gasteiger partial charge on any atom is -0.478 e. The average molecular weight is 520 g/mol. The predicted octanol–water partition coefficient (Wildman–Crippen LogP) is 3.60. The van der Waals surface area contributed by atoms with Crippen LogP contribution in [0.1, 0.15) is 34.3 Å². The molecule has 10 nitrogen and oxygen atoms in total. The van der Waals surface area contributed by atoms with Crippen LogP contribution in [0.3, 0.4) is 0 Å². The number of nitriles is 1. The van der Waals surface area contributed by atoms with Crippen LogP contribution in [0.2, 0.25) is 0 Å². The molecule has 1 aliphatic heterocycles. The molecule has 0 radical (unpaired) electrons. The van der Waals surface area contributed by atoms with Crippen molar-refractivity contribution in [1.82, 2.24) is 28.6 Å². The van der Waals surface area contributed by atoms with Gasteiger partial charge in [-0.1, -0.05) is 24.3 Å². The van der Waals surface area contributed by atoms with Crippen molar-refractivity contribution in [2.45, 2.75) is 19.0 Å². The number of imidazole rings is 2. The number of aromatic carboxylic acids is 1. The van der Waals surface area contributed by atoms with Gasteiger partial charge < -0.3 is 9.67 Å². The lowest BCUT2D eigenvalue weighted by Crippen LogP contribution is -2.29. The number of carboxylic acids is 1. The summed E-state index contributed by atoms with van der Waals surface area (Å²) in [5, 5.41) is 18.4. The molecular formula is C29H25N7O3. The molecule has 1 saturated heterocycles. The normalized spacial score (nSPS) is 15.5. The van der Waals surface area contributed by atoms with Gasteiger partial charge in [-0.2, -0.15) is 5.26 Å². The van der Waals surface area contributed by atoms with E-state index in [2.05, 4.69) is 20.9 Å². The summed E-state index contributed by atoms with van der Waals surface area (Å²) in [6.45, 7) is 2.08. The second-order valence-electron chi connectivity index (χ2n) is 9.67. The Bertz CT molecular complexity index is 1790. The molecule has 0 saturated carbocycles. The highest BCUT2D eigenvalue weighted by atomic mass is 16.4. The number of nitrogens with zero attached hydrogens (tertiary/aromatic N) is 7. The van der Waals surface area contributed by atoms with E-state index < -0.39 is 5.97 Å². The molecule has 0 aliphatic carbocycles. The first kappa shape index (κ1) is 24.3. The summed E-state index contributed by atoms with van der Waals surface area (Å²) in [5.41, 5.74) is 4.54. The molecule has 6 rings (SSSR count). The highest BCUT2D eigenvalue weighted by Crippen LogP contribution is 2.27. The van der Waals surface area contributed by atoms with Crippen LogP contribution in [-0.4, -0.2) is 52.7 Å². The predicted molar refractivity (Wildman–Crippen MR) is 145 cm³/mol. The third-order valence-electron chi connectivity index (χ3n) is 7.40. The molecule has 0 amide bonds. The fraction of sp³-hybridized carbons (Fsp3) is 0.207. The van der Waals surface area contributed by atoms with Crippen LogP contribution in [-0.2, 0) is 13.6 Å². The fourth-order valence-corrected chi connectivity index (χ4v) is 5.30. The number of pyridine rings is 1. The lowest BCUT2D eigenvalue weighted by atomic mass is 10.0. The van der Waals surface area contributed by atoms with E-state index in [9.17, 15) is 14.9 Å². The Kier molecular flexibility index (Phi) is 6.05. The van der Waals surface area contributed by atoms with Gasteiger partial charge in [-0.3, -0.25) is 14.0 Å². The summed E-state index contributed by atoms with van der Waals surface area (Å²) < 4.78 is 5.30. The van der Waals surface area contributed by atoms with Crippen LogP contribution in [0.5, 0.6) is 0 Å². The van der Waals surface area contributed by atoms with E-state index in [1.54, 1.807) is 50.4 Å². The fourth-order valence-electron chi connectivity index (χ4n) is 5.30. The lowest BCUT2D eigenvalue weighted by molar-refractivity contribution is 0.0697. The van der Waals surface area contributed by atoms with Gasteiger partial charge in [0.15, 0.2) is 5.65 Å². The first-order chi connectivity index (χ1) is 18.9. The zero-order valence-electron chi connectivity index (χ0n) is 21.2. The van der Waals surface area contributed by atoms with Gasteiger partial charge in [-0.15, -0.1) is 0 Å². The van der Waals surface area contributed by atoms with Crippen LogP contribution < -0.4 is 5.69 Å². The van der Waals surface area contributed by atoms with Gasteiger partial charge in [-0.05, 0) is 53.9 Å². The van der Waals surface area contributed by atoms with E-state index >= 15 is 0 Å². The molecule has 10 heteroatoms. The van der Waals surface area contributed by atoms with Crippen LogP contribution in [0, 0.1) is 11.3 Å². The second kappa shape index (κ2) is 9.70. The quantitative estimate of drug-likeness (QED) is 0.364. The molecule has 1 fully saturated rings. The first-order valence-corrected chi connectivity index (χ1v) is 12.6. The zero-order valence-corrected chi connectivity index (χ0v) is 21.2.